The van der Waals surface area contributed by atoms with E-state index in [1.165, 1.54) is 0 Å². The van der Waals surface area contributed by atoms with E-state index in [4.69, 9.17) is 5.11 Å². The predicted octanol–water partition coefficient (Wildman–Crippen LogP) is 1.62. The van der Waals surface area contributed by atoms with Gasteiger partial charge in [-0.15, -0.1) is 0 Å². The molecule has 0 heterocycles. The maximum atomic E-state index is 11.6. The van der Waals surface area contributed by atoms with E-state index < -0.39 is 0 Å². The van der Waals surface area contributed by atoms with Crippen molar-refractivity contribution >= 4 is 5.91 Å². The highest BCUT2D eigenvalue weighted by atomic mass is 16.3. The summed E-state index contributed by atoms with van der Waals surface area (Å²) in [5.74, 6) is -0.0506. The summed E-state index contributed by atoms with van der Waals surface area (Å²) in [4.78, 5) is 11.6. The number of nitrogens with one attached hydrogen (secondary N) is 1. The van der Waals surface area contributed by atoms with Gasteiger partial charge in [-0.05, 0) is 33.6 Å². The third-order valence-corrected chi connectivity index (χ3v) is 2.06. The third kappa shape index (κ3) is 5.02. The molecule has 0 aromatic rings. The zero-order valence-corrected chi connectivity index (χ0v) is 9.55. The molecule has 0 radical (unpaired) electrons. The Hall–Kier alpha value is -0.830. The highest BCUT2D eigenvalue weighted by molar-refractivity contribution is 5.93. The first kappa shape index (κ1) is 13.2. The van der Waals surface area contributed by atoms with E-state index in [-0.39, 0.29) is 18.1 Å². The van der Waals surface area contributed by atoms with E-state index >= 15 is 0 Å². The van der Waals surface area contributed by atoms with Crippen molar-refractivity contribution in [2.45, 2.75) is 46.1 Å². The fourth-order valence-corrected chi connectivity index (χ4v) is 1.15. The molecule has 0 fully saturated rings. The second-order valence-corrected chi connectivity index (χ2v) is 4.11. The van der Waals surface area contributed by atoms with Crippen LogP contribution >= 0.6 is 0 Å². The minimum Gasteiger partial charge on any atom is -0.396 e. The second-order valence-electron chi connectivity index (χ2n) is 4.11. The first-order valence-corrected chi connectivity index (χ1v) is 5.03. The van der Waals surface area contributed by atoms with Gasteiger partial charge in [0.25, 0.3) is 0 Å². The van der Waals surface area contributed by atoms with Gasteiger partial charge in [0, 0.05) is 17.7 Å². The van der Waals surface area contributed by atoms with Crippen molar-refractivity contribution in [1.29, 1.82) is 0 Å². The SMILES string of the molecule is CC/C=C(/C)C(=O)NC(C)(C)CCO. The summed E-state index contributed by atoms with van der Waals surface area (Å²) in [5, 5.41) is 11.7. The van der Waals surface area contributed by atoms with Crippen molar-refractivity contribution in [3.8, 4) is 0 Å². The molecule has 0 rings (SSSR count). The van der Waals surface area contributed by atoms with Crippen LogP contribution in [0, 0.1) is 0 Å². The van der Waals surface area contributed by atoms with E-state index in [0.29, 0.717) is 6.42 Å². The Kier molecular flexibility index (Phi) is 5.46. The van der Waals surface area contributed by atoms with Crippen LogP contribution in [0.25, 0.3) is 0 Å². The quantitative estimate of drug-likeness (QED) is 0.661. The molecule has 3 nitrogen and oxygen atoms in total. The summed E-state index contributed by atoms with van der Waals surface area (Å²) in [7, 11) is 0. The van der Waals surface area contributed by atoms with Gasteiger partial charge in [-0.25, -0.2) is 0 Å². The Labute approximate surface area is 86.2 Å². The van der Waals surface area contributed by atoms with Crippen LogP contribution in [-0.2, 0) is 4.79 Å². The van der Waals surface area contributed by atoms with Gasteiger partial charge in [-0.2, -0.15) is 0 Å². The lowest BCUT2D eigenvalue weighted by Crippen LogP contribution is -2.44. The lowest BCUT2D eigenvalue weighted by molar-refractivity contribution is -0.119. The minimum atomic E-state index is -0.339. The van der Waals surface area contributed by atoms with Crippen LogP contribution in [0.15, 0.2) is 11.6 Å². The summed E-state index contributed by atoms with van der Waals surface area (Å²) in [6.07, 6.45) is 3.32. The molecule has 0 saturated carbocycles. The number of carbonyl (C=O) groups excluding carboxylic acids is 1. The molecule has 0 saturated heterocycles. The lowest BCUT2D eigenvalue weighted by atomic mass is 10.0. The van der Waals surface area contributed by atoms with Gasteiger partial charge < -0.3 is 10.4 Å². The Morgan fingerprint density at radius 2 is 2.07 bits per heavy atom. The van der Waals surface area contributed by atoms with E-state index in [2.05, 4.69) is 5.32 Å². The first-order valence-electron chi connectivity index (χ1n) is 5.03. The molecule has 0 spiro atoms. The Morgan fingerprint density at radius 3 is 2.50 bits per heavy atom. The van der Waals surface area contributed by atoms with Crippen LogP contribution in [0.3, 0.4) is 0 Å². The van der Waals surface area contributed by atoms with Crippen LogP contribution < -0.4 is 5.32 Å². The molecule has 0 aliphatic heterocycles. The molecule has 14 heavy (non-hydrogen) atoms. The molecule has 0 aromatic carbocycles. The maximum Gasteiger partial charge on any atom is 0.247 e. The number of carbonyl (C=O) groups is 1. The molecule has 2 N–H and O–H groups in total. The van der Waals surface area contributed by atoms with Crippen molar-refractivity contribution in [2.75, 3.05) is 6.61 Å². The largest absolute Gasteiger partial charge is 0.396 e. The van der Waals surface area contributed by atoms with E-state index in [1.807, 2.05) is 26.8 Å². The lowest BCUT2D eigenvalue weighted by Gasteiger charge is -2.25. The number of hydrogen-bond acceptors (Lipinski definition) is 2. The Morgan fingerprint density at radius 1 is 1.50 bits per heavy atom. The number of aliphatic hydroxyl groups excluding tert-OH is 1. The molecule has 0 aromatic heterocycles. The molecular weight excluding hydrogens is 178 g/mol. The number of allylic oxidation sites excluding steroid dienone is 1. The van der Waals surface area contributed by atoms with Crippen LogP contribution in [0.4, 0.5) is 0 Å². The van der Waals surface area contributed by atoms with Gasteiger partial charge >= 0.3 is 0 Å². The highest BCUT2D eigenvalue weighted by Crippen LogP contribution is 2.08. The normalized spacial score (nSPS) is 12.8. The maximum absolute atomic E-state index is 11.6. The van der Waals surface area contributed by atoms with E-state index in [0.717, 1.165) is 12.0 Å². The first-order chi connectivity index (χ1) is 6.43. The van der Waals surface area contributed by atoms with Gasteiger partial charge in [0.05, 0.1) is 0 Å². The molecule has 0 aliphatic carbocycles. The third-order valence-electron chi connectivity index (χ3n) is 2.06. The molecule has 3 heteroatoms. The second kappa shape index (κ2) is 5.81. The summed E-state index contributed by atoms with van der Waals surface area (Å²) < 4.78 is 0. The molecule has 0 atom stereocenters. The van der Waals surface area contributed by atoms with Crippen molar-refractivity contribution in [1.82, 2.24) is 5.32 Å². The van der Waals surface area contributed by atoms with Crippen LogP contribution in [-0.4, -0.2) is 23.2 Å². The average Bonchev–Trinajstić information content (AvgIpc) is 2.03. The van der Waals surface area contributed by atoms with E-state index in [9.17, 15) is 4.79 Å². The average molecular weight is 199 g/mol. The van der Waals surface area contributed by atoms with Crippen LogP contribution in [0.5, 0.6) is 0 Å². The van der Waals surface area contributed by atoms with Crippen molar-refractivity contribution < 1.29 is 9.90 Å². The summed E-state index contributed by atoms with van der Waals surface area (Å²) in [6.45, 7) is 7.69. The summed E-state index contributed by atoms with van der Waals surface area (Å²) in [5.41, 5.74) is 0.396. The van der Waals surface area contributed by atoms with Crippen molar-refractivity contribution in [3.63, 3.8) is 0 Å². The predicted molar refractivity (Wildman–Crippen MR) is 58.0 cm³/mol. The Bertz CT molecular complexity index is 219. The Balaban J connectivity index is 4.24. The zero-order valence-electron chi connectivity index (χ0n) is 9.55. The topological polar surface area (TPSA) is 49.3 Å². The van der Waals surface area contributed by atoms with Gasteiger partial charge in [-0.1, -0.05) is 13.0 Å². The molecule has 1 amide bonds. The van der Waals surface area contributed by atoms with Crippen LogP contribution in [0.2, 0.25) is 0 Å². The molecule has 0 unspecified atom stereocenters. The van der Waals surface area contributed by atoms with Gasteiger partial charge in [0.15, 0.2) is 0 Å². The minimum absolute atomic E-state index is 0.0506. The molecule has 82 valence electrons. The van der Waals surface area contributed by atoms with Gasteiger partial charge in [-0.3, -0.25) is 4.79 Å². The van der Waals surface area contributed by atoms with Gasteiger partial charge in [0.1, 0.15) is 0 Å². The van der Waals surface area contributed by atoms with Crippen LogP contribution in [0.1, 0.15) is 40.5 Å². The molecule has 0 aliphatic rings. The smallest absolute Gasteiger partial charge is 0.247 e. The monoisotopic (exact) mass is 199 g/mol. The fourth-order valence-electron chi connectivity index (χ4n) is 1.15. The van der Waals surface area contributed by atoms with Crippen molar-refractivity contribution in [3.05, 3.63) is 11.6 Å². The standard InChI is InChI=1S/C11H21NO2/c1-5-6-9(2)10(14)12-11(3,4)7-8-13/h6,13H,5,7-8H2,1-4H3,(H,12,14)/b9-6-. The summed E-state index contributed by atoms with van der Waals surface area (Å²) >= 11 is 0. The number of amides is 1. The molecular formula is C11H21NO2. The number of hydrogen-bond donors (Lipinski definition) is 2. The highest BCUT2D eigenvalue weighted by Gasteiger charge is 2.19. The van der Waals surface area contributed by atoms with E-state index in [1.54, 1.807) is 6.92 Å². The number of aliphatic hydroxyl groups is 1. The zero-order chi connectivity index (χ0) is 11.2. The molecule has 0 bridgehead atoms. The number of rotatable bonds is 5. The van der Waals surface area contributed by atoms with Crippen molar-refractivity contribution in [2.24, 2.45) is 0 Å². The fraction of sp³-hybridized carbons (Fsp3) is 0.727. The summed E-state index contributed by atoms with van der Waals surface area (Å²) in [6, 6.07) is 0. The van der Waals surface area contributed by atoms with Gasteiger partial charge in [0.2, 0.25) is 5.91 Å².